The van der Waals surface area contributed by atoms with E-state index >= 15 is 0 Å². The van der Waals surface area contributed by atoms with Crippen molar-refractivity contribution in [2.24, 2.45) is 10.9 Å². The minimum Gasteiger partial charge on any atom is -0.379 e. The Balaban J connectivity index is 1.63. The molecule has 1 fully saturated rings. The predicted octanol–water partition coefficient (Wildman–Crippen LogP) is 2.81. The number of carbonyl (C=O) groups is 1. The maximum Gasteiger partial charge on any atom is 0.243 e. The number of ether oxygens (including phenoxy) is 2. The lowest BCUT2D eigenvalue weighted by Crippen LogP contribution is -2.48. The summed E-state index contributed by atoms with van der Waals surface area (Å²) in [5, 5.41) is 6.90. The smallest absolute Gasteiger partial charge is 0.243 e. The lowest BCUT2D eigenvalue weighted by Gasteiger charge is -2.31. The highest BCUT2D eigenvalue weighted by atomic mass is 16.5. The molecule has 0 bridgehead atoms. The second-order valence-electron chi connectivity index (χ2n) is 8.40. The molecule has 7 heteroatoms. The van der Waals surface area contributed by atoms with Crippen LogP contribution in [-0.2, 0) is 20.9 Å². The Labute approximate surface area is 187 Å². The number of hydrogen-bond acceptors (Lipinski definition) is 4. The molecule has 0 aromatic heterocycles. The van der Waals surface area contributed by atoms with Crippen molar-refractivity contribution >= 4 is 11.9 Å². The van der Waals surface area contributed by atoms with Crippen molar-refractivity contribution in [1.82, 2.24) is 15.5 Å². The van der Waals surface area contributed by atoms with Gasteiger partial charge in [0, 0.05) is 33.3 Å². The van der Waals surface area contributed by atoms with Gasteiger partial charge in [-0.05, 0) is 30.7 Å². The Morgan fingerprint density at radius 2 is 1.84 bits per heavy atom. The quantitative estimate of drug-likeness (QED) is 0.302. The van der Waals surface area contributed by atoms with Crippen molar-refractivity contribution in [2.45, 2.75) is 51.7 Å². The fraction of sp³-hybridized carbons (Fsp3) is 0.667. The summed E-state index contributed by atoms with van der Waals surface area (Å²) in [6, 6.07) is 10.6. The van der Waals surface area contributed by atoms with Crippen molar-refractivity contribution in [3.63, 3.8) is 0 Å². The van der Waals surface area contributed by atoms with Crippen molar-refractivity contribution in [1.29, 1.82) is 0 Å². The maximum atomic E-state index is 11.9. The summed E-state index contributed by atoms with van der Waals surface area (Å²) in [4.78, 5) is 18.0. The van der Waals surface area contributed by atoms with Gasteiger partial charge < -0.3 is 25.0 Å². The Bertz CT molecular complexity index is 651. The molecule has 1 aliphatic rings. The number of rotatable bonds is 12. The van der Waals surface area contributed by atoms with Gasteiger partial charge in [-0.2, -0.15) is 0 Å². The van der Waals surface area contributed by atoms with Gasteiger partial charge in [0.2, 0.25) is 5.91 Å². The molecule has 1 saturated carbocycles. The number of guanidine groups is 1. The summed E-state index contributed by atoms with van der Waals surface area (Å²) >= 11 is 0. The highest BCUT2D eigenvalue weighted by molar-refractivity contribution is 5.84. The molecule has 2 rings (SSSR count). The molecular weight excluding hydrogens is 392 g/mol. The van der Waals surface area contributed by atoms with E-state index in [4.69, 9.17) is 9.47 Å². The van der Waals surface area contributed by atoms with E-state index < -0.39 is 0 Å². The number of benzene rings is 1. The summed E-state index contributed by atoms with van der Waals surface area (Å²) in [6.45, 7) is 5.62. The van der Waals surface area contributed by atoms with E-state index in [-0.39, 0.29) is 12.5 Å². The summed E-state index contributed by atoms with van der Waals surface area (Å²) in [6.07, 6.45) is 5.79. The Hall–Kier alpha value is -2.12. The number of nitrogens with zero attached hydrogens (tertiary/aromatic N) is 2. The van der Waals surface area contributed by atoms with Crippen LogP contribution in [0.4, 0.5) is 0 Å². The van der Waals surface area contributed by atoms with Gasteiger partial charge in [0.1, 0.15) is 6.54 Å². The van der Waals surface area contributed by atoms with E-state index in [1.807, 2.05) is 18.2 Å². The lowest BCUT2D eigenvalue weighted by atomic mass is 9.86. The zero-order valence-corrected chi connectivity index (χ0v) is 19.4. The number of nitrogens with one attached hydrogen (secondary N) is 2. The minimum atomic E-state index is -0.00312. The van der Waals surface area contributed by atoms with Crippen LogP contribution in [0, 0.1) is 5.92 Å². The molecule has 1 aromatic carbocycles. The summed E-state index contributed by atoms with van der Waals surface area (Å²) in [7, 11) is 3.50. The largest absolute Gasteiger partial charge is 0.379 e. The van der Waals surface area contributed by atoms with Crippen LogP contribution in [0.2, 0.25) is 0 Å². The highest BCUT2D eigenvalue weighted by Gasteiger charge is 2.22. The average Bonchev–Trinajstić information content (AvgIpc) is 2.77. The number of hydrogen-bond donors (Lipinski definition) is 2. The van der Waals surface area contributed by atoms with Gasteiger partial charge in [0.15, 0.2) is 5.96 Å². The zero-order valence-electron chi connectivity index (χ0n) is 19.4. The molecule has 174 valence electrons. The average molecular weight is 433 g/mol. The van der Waals surface area contributed by atoms with Gasteiger partial charge >= 0.3 is 0 Å². The Morgan fingerprint density at radius 3 is 2.58 bits per heavy atom. The second-order valence-corrected chi connectivity index (χ2v) is 8.40. The molecule has 2 N–H and O–H groups in total. The van der Waals surface area contributed by atoms with Crippen molar-refractivity contribution in [3.05, 3.63) is 35.9 Å². The van der Waals surface area contributed by atoms with Crippen LogP contribution in [0.15, 0.2) is 35.3 Å². The first-order chi connectivity index (χ1) is 15.1. The van der Waals surface area contributed by atoms with Crippen LogP contribution < -0.4 is 10.6 Å². The fourth-order valence-corrected chi connectivity index (χ4v) is 3.51. The van der Waals surface area contributed by atoms with Gasteiger partial charge in [-0.3, -0.25) is 4.79 Å². The van der Waals surface area contributed by atoms with Crippen LogP contribution in [0.1, 0.15) is 44.6 Å². The molecule has 0 heterocycles. The monoisotopic (exact) mass is 432 g/mol. The van der Waals surface area contributed by atoms with Crippen LogP contribution in [-0.4, -0.2) is 69.8 Å². The predicted molar refractivity (Wildman–Crippen MR) is 125 cm³/mol. The Kier molecular flexibility index (Phi) is 12.0. The highest BCUT2D eigenvalue weighted by Crippen LogP contribution is 2.23. The van der Waals surface area contributed by atoms with Crippen LogP contribution in [0.5, 0.6) is 0 Å². The van der Waals surface area contributed by atoms with E-state index in [0.717, 1.165) is 25.3 Å². The van der Waals surface area contributed by atoms with Crippen molar-refractivity contribution in [3.8, 4) is 0 Å². The molecule has 2 unspecified atom stereocenters. The third-order valence-corrected chi connectivity index (χ3v) is 5.55. The first kappa shape index (κ1) is 25.1. The van der Waals surface area contributed by atoms with Gasteiger partial charge in [0.25, 0.3) is 0 Å². The topological polar surface area (TPSA) is 75.2 Å². The molecule has 0 spiro atoms. The van der Waals surface area contributed by atoms with Crippen molar-refractivity contribution in [2.75, 3.05) is 47.0 Å². The van der Waals surface area contributed by atoms with Gasteiger partial charge in [-0.1, -0.05) is 50.1 Å². The fourth-order valence-electron chi connectivity index (χ4n) is 3.51. The van der Waals surface area contributed by atoms with Crippen LogP contribution in [0.25, 0.3) is 0 Å². The van der Waals surface area contributed by atoms with Crippen LogP contribution in [0.3, 0.4) is 0 Å². The molecule has 0 radical (unpaired) electrons. The number of carbonyl (C=O) groups excluding carboxylic acids is 1. The van der Waals surface area contributed by atoms with E-state index in [0.29, 0.717) is 38.4 Å². The standard InChI is InChI=1S/C24H40N4O3/c1-20-10-7-8-13-22(20)27-24(26-18-23(29)28(2)3)25-14-9-15-30-16-17-31-19-21-11-5-4-6-12-21/h4-6,11-12,20,22H,7-10,13-19H2,1-3H3,(H2,25,26,27). The number of likely N-dealkylation sites (N-methyl/N-ethyl adjacent to an activating group) is 1. The van der Waals surface area contributed by atoms with Gasteiger partial charge in [0.05, 0.1) is 19.8 Å². The molecule has 2 atom stereocenters. The zero-order chi connectivity index (χ0) is 22.3. The molecule has 1 amide bonds. The molecule has 0 saturated heterocycles. The summed E-state index contributed by atoms with van der Waals surface area (Å²) in [5.41, 5.74) is 1.17. The lowest BCUT2D eigenvalue weighted by molar-refractivity contribution is -0.127. The van der Waals surface area contributed by atoms with Gasteiger partial charge in [-0.15, -0.1) is 0 Å². The van der Waals surface area contributed by atoms with E-state index in [1.54, 1.807) is 19.0 Å². The second kappa shape index (κ2) is 14.8. The Morgan fingerprint density at radius 1 is 1.10 bits per heavy atom. The van der Waals surface area contributed by atoms with E-state index in [9.17, 15) is 4.79 Å². The normalized spacial score (nSPS) is 19.1. The molecule has 1 aromatic rings. The molecule has 7 nitrogen and oxygen atoms in total. The minimum absolute atomic E-state index is 0.00312. The third-order valence-electron chi connectivity index (χ3n) is 5.55. The first-order valence-corrected chi connectivity index (χ1v) is 11.5. The van der Waals surface area contributed by atoms with E-state index in [2.05, 4.69) is 34.7 Å². The molecule has 31 heavy (non-hydrogen) atoms. The van der Waals surface area contributed by atoms with Crippen molar-refractivity contribution < 1.29 is 14.3 Å². The molecule has 1 aliphatic carbocycles. The number of aliphatic imine (C=N–C) groups is 1. The molecular formula is C24H40N4O3. The third kappa shape index (κ3) is 10.6. The summed E-state index contributed by atoms with van der Waals surface area (Å²) in [5.74, 6) is 1.33. The first-order valence-electron chi connectivity index (χ1n) is 11.5. The summed E-state index contributed by atoms with van der Waals surface area (Å²) < 4.78 is 11.3. The van der Waals surface area contributed by atoms with E-state index in [1.165, 1.54) is 24.8 Å². The SMILES string of the molecule is CC1CCCCC1NC(=NCC(=O)N(C)C)NCCCOCCOCc1ccccc1. The molecule has 0 aliphatic heterocycles. The van der Waals surface area contributed by atoms with Crippen LogP contribution >= 0.6 is 0 Å². The number of amides is 1. The van der Waals surface area contributed by atoms with Gasteiger partial charge in [-0.25, -0.2) is 4.99 Å². The maximum absolute atomic E-state index is 11.9.